The lowest BCUT2D eigenvalue weighted by Crippen LogP contribution is -2.43. The fourth-order valence-corrected chi connectivity index (χ4v) is 17.2. The van der Waals surface area contributed by atoms with Crippen LogP contribution in [0.25, 0.3) is 91.5 Å². The summed E-state index contributed by atoms with van der Waals surface area (Å²) in [5.74, 6) is 12.0. The Hall–Kier alpha value is -15.2. The van der Waals surface area contributed by atoms with E-state index in [-0.39, 0.29) is 18.0 Å². The number of hydrogen-bond donors (Lipinski definition) is 0. The van der Waals surface area contributed by atoms with Crippen molar-refractivity contribution in [1.82, 2.24) is 83.8 Å². The van der Waals surface area contributed by atoms with E-state index in [0.29, 0.717) is 11.5 Å². The van der Waals surface area contributed by atoms with Gasteiger partial charge in [-0.1, -0.05) is 36.4 Å². The predicted octanol–water partition coefficient (Wildman–Crippen LogP) is 9.19. The lowest BCUT2D eigenvalue weighted by atomic mass is 10.2. The molecule has 2 aromatic carbocycles. The third-order valence-electron chi connectivity index (χ3n) is 23.7. The lowest BCUT2D eigenvalue weighted by Gasteiger charge is -2.25. The maximum Gasteiger partial charge on any atom is 0.327 e. The molecule has 0 radical (unpaired) electrons. The number of fused-ring (bicyclic) bond motifs is 8. The number of pyridine rings is 5. The number of aryl methyl sites for hydroxylation is 13. The summed E-state index contributed by atoms with van der Waals surface area (Å²) in [7, 11) is 26.6. The van der Waals surface area contributed by atoms with Crippen molar-refractivity contribution in [2.45, 2.75) is 46.9 Å². The molecule has 22 rings (SSSR count). The van der Waals surface area contributed by atoms with Crippen molar-refractivity contribution in [3.8, 4) is 51.6 Å². The number of para-hydroxylation sites is 4. The average molecular weight is 1620 g/mol. The summed E-state index contributed by atoms with van der Waals surface area (Å²) in [5, 5.41) is 0. The summed E-state index contributed by atoms with van der Waals surface area (Å²) in [6.07, 6.45) is 40.9. The summed E-state index contributed by atoms with van der Waals surface area (Å²) in [5.41, 5.74) is 13.1. The van der Waals surface area contributed by atoms with Crippen molar-refractivity contribution < 1.29 is 41.0 Å². The van der Waals surface area contributed by atoms with Gasteiger partial charge in [0.25, 0.3) is 11.6 Å². The molecule has 0 amide bonds. The second-order valence-corrected chi connectivity index (χ2v) is 30.8. The zero-order valence-corrected chi connectivity index (χ0v) is 71.1. The molecule has 20 aromatic rings. The van der Waals surface area contributed by atoms with Crippen LogP contribution in [-0.2, 0) is 91.6 Å². The van der Waals surface area contributed by atoms with Crippen molar-refractivity contribution in [3.63, 3.8) is 0 Å². The molecule has 0 unspecified atom stereocenters. The molecule has 0 aliphatic carbocycles. The first-order valence-corrected chi connectivity index (χ1v) is 40.1. The summed E-state index contributed by atoms with van der Waals surface area (Å²) in [6.45, 7) is 6.01. The molecule has 0 bridgehead atoms. The SMILES string of the molecule is C[C@@H]1N(c2cn3ccnc3n2C)C=CN1c1cccc[n+]1C.C[C@@H]1N(c2cn3ccnc3n2C)c2ccccc2N1c1cccc[n+]1C.Cn1c(-[n+]2ccc(-c3cccc[n+]3C)n2C)cn2c3ccccc3nc12.Cn1c(-[n+]2ccc(-c3cccc[n+]3C)n2C)cn2ccnc12.[2H]C([2H])([2H])c1nc2n(C)c(-[n+]3ccc(-c4cccc[n+]4C)n3C)c(C)n2c1C. The molecular weight excluding hydrogens is 1510 g/mol. The van der Waals surface area contributed by atoms with Gasteiger partial charge in [-0.25, -0.2) is 42.9 Å². The van der Waals surface area contributed by atoms with Crippen LogP contribution in [0.2, 0.25) is 0 Å². The van der Waals surface area contributed by atoms with Gasteiger partial charge < -0.3 is 0 Å². The largest absolute Gasteiger partial charge is 0.327 e. The second kappa shape index (κ2) is 30.7. The maximum absolute atomic E-state index is 7.73. The van der Waals surface area contributed by atoms with Crippen molar-refractivity contribution in [2.75, 3.05) is 19.6 Å². The first-order chi connectivity index (χ1) is 59.8. The molecule has 2 aliphatic heterocycles. The van der Waals surface area contributed by atoms with Gasteiger partial charge >= 0.3 is 34.8 Å². The number of anilines is 6. The van der Waals surface area contributed by atoms with Gasteiger partial charge in [0.1, 0.15) is 75.7 Å². The van der Waals surface area contributed by atoms with Crippen molar-refractivity contribution in [1.29, 1.82) is 0 Å². The normalized spacial score (nSPS) is 14.2. The monoisotopic (exact) mass is 1620 g/mol. The van der Waals surface area contributed by atoms with Gasteiger partial charge in [-0.2, -0.15) is 42.4 Å². The molecule has 0 spiro atoms. The Morgan fingerprint density at radius 2 is 0.818 bits per heavy atom. The van der Waals surface area contributed by atoms with Gasteiger partial charge in [0.05, 0.1) is 82.4 Å². The summed E-state index contributed by atoms with van der Waals surface area (Å²) < 4.78 is 67.1. The highest BCUT2D eigenvalue weighted by atomic mass is 15.5. The van der Waals surface area contributed by atoms with Crippen molar-refractivity contribution in [3.05, 3.63) is 299 Å². The molecule has 0 saturated carbocycles. The molecule has 30 heteroatoms. The molecule has 121 heavy (non-hydrogen) atoms. The highest BCUT2D eigenvalue weighted by molar-refractivity contribution is 5.86. The zero-order chi connectivity index (χ0) is 86.6. The first kappa shape index (κ1) is 73.4. The fourth-order valence-electron chi connectivity index (χ4n) is 17.2. The van der Waals surface area contributed by atoms with Crippen LogP contribution in [0, 0.1) is 20.7 Å². The highest BCUT2D eigenvalue weighted by Gasteiger charge is 2.43. The minimum absolute atomic E-state index is 0.138. The number of hydrogen-bond acceptors (Lipinski definition) is 9. The van der Waals surface area contributed by atoms with Gasteiger partial charge in [-0.15, -0.1) is 14.0 Å². The van der Waals surface area contributed by atoms with E-state index < -0.39 is 6.85 Å². The Kier molecular flexibility index (Phi) is 18.6. The summed E-state index contributed by atoms with van der Waals surface area (Å²) >= 11 is 0. The van der Waals surface area contributed by atoms with Crippen LogP contribution in [-0.4, -0.2) is 96.1 Å². The summed E-state index contributed by atoms with van der Waals surface area (Å²) in [4.78, 5) is 31.7. The van der Waals surface area contributed by atoms with E-state index >= 15 is 0 Å². The van der Waals surface area contributed by atoms with E-state index in [2.05, 4.69) is 371 Å². The molecule has 30 nitrogen and oxygen atoms in total. The number of nitrogens with zero attached hydrogens (tertiary/aromatic N) is 30. The van der Waals surface area contributed by atoms with Crippen LogP contribution in [0.3, 0.4) is 0 Å². The Morgan fingerprint density at radius 3 is 1.35 bits per heavy atom. The minimum atomic E-state index is -2.23. The van der Waals surface area contributed by atoms with Gasteiger partial charge in [0, 0.05) is 155 Å². The van der Waals surface area contributed by atoms with E-state index in [0.717, 1.165) is 109 Å². The van der Waals surface area contributed by atoms with E-state index in [9.17, 15) is 0 Å². The molecule has 0 saturated heterocycles. The Bertz CT molecular complexity index is 7440. The number of rotatable bonds is 10. The molecular formula is C91H102N30+8. The Morgan fingerprint density at radius 1 is 0.372 bits per heavy atom. The van der Waals surface area contributed by atoms with E-state index in [4.69, 9.17) is 9.10 Å². The molecule has 20 heterocycles. The fraction of sp³-hybridized carbons (Fsp3) is 0.220. The lowest BCUT2D eigenvalue weighted by molar-refractivity contribution is -0.689. The molecule has 0 fully saturated rings. The first-order valence-electron chi connectivity index (χ1n) is 41.6. The average Bonchev–Trinajstić information content (AvgIpc) is 1.57. The van der Waals surface area contributed by atoms with Crippen LogP contribution in [0.5, 0.6) is 0 Å². The molecule has 0 N–H and O–H groups in total. The number of imidazole rings is 10. The van der Waals surface area contributed by atoms with Gasteiger partial charge in [-0.05, 0) is 89.1 Å². The van der Waals surface area contributed by atoms with E-state index in [1.807, 2.05) is 165 Å². The Labute approximate surface area is 704 Å². The summed E-state index contributed by atoms with van der Waals surface area (Å²) in [6, 6.07) is 54.2. The molecule has 18 aromatic heterocycles. The minimum Gasteiger partial charge on any atom is -0.299 e. The molecule has 2 aliphatic rings. The quantitative estimate of drug-likeness (QED) is 0.121. The van der Waals surface area contributed by atoms with Crippen LogP contribution >= 0.6 is 0 Å². The standard InChI is InChI=1S/C20H20N6.C20H21N6.C19H24N6.C16H18N6.C16H19N6/c1-22-12-7-6-10-17(22)18-11-13-26(24(18)3)19-14-25-16-9-5-4-8-15(16)21-20(25)23(19)2;1-15-25(18-10-6-7-12-22(18)2)16-8-4-5-9-17(16)26(15)19-14-24-13-11-21-20(24)23(19)3;1-13-14(2)25-15(3)18(22(5)19(25)20-13)24-12-10-17(23(24)6)16-9-7-8-11-21(16)4;1-18-9-5-4-6-13(18)14-7-10-22(20(14)3)15-12-21-11-8-17-16(21)19(15)2;1-13-21(14-6-4-5-8-18(14)2)10-11-22(13)15-12-20-9-7-17-16(20)19(15)3/h4-14H,1-3H3;4-15H,1-3H3;7-12H,1-6H3;4-12H,1-3H3;4-13H,1-3H3/q+2;+1;2*+2;+1/t;15-;;;13-/m.0..0/s1/i;;1D3;;. The maximum atomic E-state index is 7.73. The number of benzene rings is 2. The van der Waals surface area contributed by atoms with E-state index in [1.54, 1.807) is 0 Å². The third kappa shape index (κ3) is 13.0. The van der Waals surface area contributed by atoms with E-state index in [1.165, 1.54) is 17.1 Å². The zero-order valence-electron chi connectivity index (χ0n) is 74.1. The topological polar surface area (TPSA) is 170 Å². The number of aromatic nitrogens is 26. The molecule has 608 valence electrons. The van der Waals surface area contributed by atoms with Crippen LogP contribution in [0.1, 0.15) is 35.0 Å². The van der Waals surface area contributed by atoms with Crippen molar-refractivity contribution in [2.24, 2.45) is 91.6 Å². The van der Waals surface area contributed by atoms with Crippen LogP contribution in [0.15, 0.2) is 282 Å². The smallest absolute Gasteiger partial charge is 0.299 e. The Balaban J connectivity index is 0.000000106. The van der Waals surface area contributed by atoms with Crippen LogP contribution in [0.4, 0.5) is 34.6 Å². The molecule has 2 atom stereocenters. The second-order valence-electron chi connectivity index (χ2n) is 30.8. The third-order valence-corrected chi connectivity index (χ3v) is 23.7. The predicted molar refractivity (Wildman–Crippen MR) is 463 cm³/mol. The van der Waals surface area contributed by atoms with Gasteiger partial charge in [0.2, 0.25) is 28.6 Å². The van der Waals surface area contributed by atoms with Crippen LogP contribution < -0.4 is 56.5 Å². The van der Waals surface area contributed by atoms with Gasteiger partial charge in [-0.3, -0.25) is 40.9 Å². The highest BCUT2D eigenvalue weighted by Crippen LogP contribution is 2.47. The van der Waals surface area contributed by atoms with Gasteiger partial charge in [0.15, 0.2) is 53.7 Å². The van der Waals surface area contributed by atoms with Crippen molar-refractivity contribution >= 4 is 74.6 Å².